The van der Waals surface area contributed by atoms with Crippen LogP contribution >= 0.6 is 0 Å². The molecule has 11 heteroatoms. The lowest BCUT2D eigenvalue weighted by Crippen LogP contribution is -2.44. The van der Waals surface area contributed by atoms with Crippen molar-refractivity contribution < 1.29 is 22.8 Å². The number of halogens is 3. The molecule has 0 aliphatic carbocycles. The summed E-state index contributed by atoms with van der Waals surface area (Å²) in [6.07, 6.45) is -0.336. The van der Waals surface area contributed by atoms with Crippen molar-refractivity contribution in [1.29, 1.82) is 0 Å². The smallest absolute Gasteiger partial charge is 0.369 e. The van der Waals surface area contributed by atoms with Crippen LogP contribution < -0.4 is 9.80 Å². The van der Waals surface area contributed by atoms with Gasteiger partial charge in [-0.25, -0.2) is 9.97 Å². The van der Waals surface area contributed by atoms with Gasteiger partial charge in [-0.15, -0.1) is 0 Å². The van der Waals surface area contributed by atoms with Crippen molar-refractivity contribution in [2.45, 2.75) is 38.8 Å². The quantitative estimate of drug-likeness (QED) is 0.132. The average molecular weight is 707 g/mol. The summed E-state index contributed by atoms with van der Waals surface area (Å²) in [6.45, 7) is 6.28. The molecular weight excluding hydrogens is 665 g/mol. The van der Waals surface area contributed by atoms with Gasteiger partial charge in [-0.3, -0.25) is 19.5 Å². The number of rotatable bonds is 12. The predicted octanol–water partition coefficient (Wildman–Crippen LogP) is 6.79. The Balaban J connectivity index is 1.19. The van der Waals surface area contributed by atoms with E-state index in [0.29, 0.717) is 30.8 Å². The van der Waals surface area contributed by atoms with Crippen LogP contribution in [0, 0.1) is 6.92 Å². The molecule has 52 heavy (non-hydrogen) atoms. The van der Waals surface area contributed by atoms with Crippen molar-refractivity contribution in [2.24, 2.45) is 0 Å². The van der Waals surface area contributed by atoms with Gasteiger partial charge in [0.2, 0.25) is 5.91 Å². The van der Waals surface area contributed by atoms with E-state index in [1.165, 1.54) is 24.1 Å². The Kier molecular flexibility index (Phi) is 11.4. The van der Waals surface area contributed by atoms with Crippen LogP contribution in [0.1, 0.15) is 49.6 Å². The van der Waals surface area contributed by atoms with Crippen LogP contribution in [-0.2, 0) is 36.7 Å². The van der Waals surface area contributed by atoms with Crippen LogP contribution in [-0.4, -0.2) is 71.3 Å². The zero-order valence-electron chi connectivity index (χ0n) is 29.3. The summed E-state index contributed by atoms with van der Waals surface area (Å²) >= 11 is 0. The van der Waals surface area contributed by atoms with Crippen LogP contribution in [0.4, 0.5) is 24.7 Å². The van der Waals surface area contributed by atoms with E-state index < -0.39 is 17.5 Å². The van der Waals surface area contributed by atoms with Crippen LogP contribution in [0.2, 0.25) is 0 Å². The lowest BCUT2D eigenvalue weighted by atomic mass is 9.96. The number of aromatic nitrogens is 3. The highest BCUT2D eigenvalue weighted by Crippen LogP contribution is 2.30. The van der Waals surface area contributed by atoms with Gasteiger partial charge < -0.3 is 9.80 Å². The molecule has 6 rings (SSSR count). The van der Waals surface area contributed by atoms with Gasteiger partial charge in [0.15, 0.2) is 5.78 Å². The second kappa shape index (κ2) is 16.3. The Hall–Kier alpha value is -5.42. The highest BCUT2D eigenvalue weighted by atomic mass is 19.4. The molecular formula is C41H41F3N6O2. The molecule has 1 fully saturated rings. The molecule has 0 spiro atoms. The molecule has 2 aromatic heterocycles. The summed E-state index contributed by atoms with van der Waals surface area (Å²) in [5, 5.41) is 0. The molecule has 268 valence electrons. The van der Waals surface area contributed by atoms with E-state index >= 15 is 0 Å². The number of carbonyl (C=O) groups excluding carboxylic acids is 2. The minimum atomic E-state index is -4.54. The van der Waals surface area contributed by atoms with Crippen molar-refractivity contribution in [3.05, 3.63) is 148 Å². The van der Waals surface area contributed by atoms with E-state index in [-0.39, 0.29) is 24.3 Å². The van der Waals surface area contributed by atoms with Gasteiger partial charge in [0.1, 0.15) is 12.1 Å². The number of likely N-dealkylation sites (N-methyl/N-ethyl adjacent to an activating group) is 1. The standard InChI is InChI=1S/C41H41F3N6O2/c1-29-9-10-31(24-38(51)32-6-5-7-34(25-32)41(42,43)44)22-33(29)26-40(52)50(17-15-35-8-3-4-16-45-35)39-27-36(46-28-47-39)23-30-11-13-37(14-12-30)49-20-18-48(2)19-21-49/h3-14,16,22,25,27-28H,15,17-21,23-24,26H2,1-2H3. The molecule has 0 atom stereocenters. The lowest BCUT2D eigenvalue weighted by molar-refractivity contribution is -0.137. The van der Waals surface area contributed by atoms with Crippen LogP contribution in [0.5, 0.6) is 0 Å². The molecule has 0 unspecified atom stereocenters. The molecule has 0 N–H and O–H groups in total. The molecule has 0 radical (unpaired) electrons. The van der Waals surface area contributed by atoms with Crippen molar-refractivity contribution in [3.8, 4) is 0 Å². The summed E-state index contributed by atoms with van der Waals surface area (Å²) in [5.74, 6) is -0.151. The van der Waals surface area contributed by atoms with Crippen LogP contribution in [0.3, 0.4) is 0 Å². The van der Waals surface area contributed by atoms with E-state index in [1.807, 2.05) is 37.3 Å². The van der Waals surface area contributed by atoms with E-state index in [0.717, 1.165) is 66.4 Å². The number of amides is 1. The highest BCUT2D eigenvalue weighted by molar-refractivity contribution is 5.98. The van der Waals surface area contributed by atoms with Gasteiger partial charge in [-0.1, -0.05) is 48.5 Å². The number of aryl methyl sites for hydroxylation is 1. The first kappa shape index (κ1) is 36.4. The Morgan fingerprint density at radius 2 is 1.56 bits per heavy atom. The normalized spacial score (nSPS) is 13.6. The number of Topliss-reactive ketones (excluding diaryl/α,β-unsaturated/α-hetero) is 1. The van der Waals surface area contributed by atoms with Gasteiger partial charge in [0.05, 0.1) is 17.7 Å². The molecule has 8 nitrogen and oxygen atoms in total. The number of ketones is 1. The third-order valence-corrected chi connectivity index (χ3v) is 9.43. The maximum Gasteiger partial charge on any atom is 0.416 e. The maximum atomic E-state index is 14.1. The molecule has 0 bridgehead atoms. The first-order valence-electron chi connectivity index (χ1n) is 17.3. The zero-order valence-corrected chi connectivity index (χ0v) is 29.3. The molecule has 1 saturated heterocycles. The number of piperazine rings is 1. The average Bonchev–Trinajstić information content (AvgIpc) is 3.14. The van der Waals surface area contributed by atoms with Gasteiger partial charge >= 0.3 is 6.18 Å². The number of hydrogen-bond acceptors (Lipinski definition) is 7. The molecule has 5 aromatic rings. The number of hydrogen-bond donors (Lipinski definition) is 0. The summed E-state index contributed by atoms with van der Waals surface area (Å²) in [5.41, 5.74) is 5.21. The first-order chi connectivity index (χ1) is 25.0. The second-order valence-corrected chi connectivity index (χ2v) is 13.2. The molecule has 3 heterocycles. The third-order valence-electron chi connectivity index (χ3n) is 9.43. The predicted molar refractivity (Wildman–Crippen MR) is 196 cm³/mol. The Morgan fingerprint density at radius 3 is 2.29 bits per heavy atom. The highest BCUT2D eigenvalue weighted by Gasteiger charge is 2.31. The van der Waals surface area contributed by atoms with Crippen molar-refractivity contribution in [3.63, 3.8) is 0 Å². The van der Waals surface area contributed by atoms with Crippen LogP contribution in [0.15, 0.2) is 104 Å². The molecule has 1 amide bonds. The number of pyridine rings is 1. The van der Waals surface area contributed by atoms with Gasteiger partial charge in [0, 0.05) is 81.2 Å². The number of nitrogens with zero attached hydrogens (tertiary/aromatic N) is 6. The van der Waals surface area contributed by atoms with Crippen molar-refractivity contribution in [2.75, 3.05) is 49.6 Å². The third kappa shape index (κ3) is 9.46. The minimum absolute atomic E-state index is 0.0146. The number of anilines is 2. The van der Waals surface area contributed by atoms with E-state index in [1.54, 1.807) is 23.2 Å². The lowest BCUT2D eigenvalue weighted by Gasteiger charge is -2.34. The Morgan fingerprint density at radius 1 is 0.788 bits per heavy atom. The monoisotopic (exact) mass is 706 g/mol. The molecule has 1 aliphatic heterocycles. The molecule has 1 aliphatic rings. The van der Waals surface area contributed by atoms with Crippen molar-refractivity contribution >= 4 is 23.2 Å². The summed E-state index contributed by atoms with van der Waals surface area (Å²) in [4.78, 5) is 47.0. The van der Waals surface area contributed by atoms with Gasteiger partial charge in [-0.05, 0) is 72.6 Å². The van der Waals surface area contributed by atoms with Crippen LogP contribution in [0.25, 0.3) is 0 Å². The minimum Gasteiger partial charge on any atom is -0.369 e. The second-order valence-electron chi connectivity index (χ2n) is 13.2. The first-order valence-corrected chi connectivity index (χ1v) is 17.3. The fraction of sp³-hybridized carbons (Fsp3) is 0.293. The Labute approximate surface area is 302 Å². The zero-order chi connectivity index (χ0) is 36.7. The summed E-state index contributed by atoms with van der Waals surface area (Å²) < 4.78 is 39.8. The number of benzene rings is 3. The van der Waals surface area contributed by atoms with Gasteiger partial charge in [0.25, 0.3) is 0 Å². The van der Waals surface area contributed by atoms with Gasteiger partial charge in [-0.2, -0.15) is 13.2 Å². The maximum absolute atomic E-state index is 14.1. The fourth-order valence-electron chi connectivity index (χ4n) is 6.31. The number of carbonyl (C=O) groups is 2. The Bertz CT molecular complexity index is 1990. The summed E-state index contributed by atoms with van der Waals surface area (Å²) in [6, 6.07) is 25.9. The summed E-state index contributed by atoms with van der Waals surface area (Å²) in [7, 11) is 2.14. The van der Waals surface area contributed by atoms with E-state index in [4.69, 9.17) is 0 Å². The number of alkyl halides is 3. The largest absolute Gasteiger partial charge is 0.416 e. The molecule has 3 aromatic carbocycles. The molecule has 0 saturated carbocycles. The van der Waals surface area contributed by atoms with E-state index in [2.05, 4.69) is 56.1 Å². The van der Waals surface area contributed by atoms with Crippen molar-refractivity contribution in [1.82, 2.24) is 19.9 Å². The fourth-order valence-corrected chi connectivity index (χ4v) is 6.31. The topological polar surface area (TPSA) is 82.5 Å². The SMILES string of the molecule is Cc1ccc(CC(=O)c2cccc(C(F)(F)F)c2)cc1CC(=O)N(CCc1ccccn1)c1cc(Cc2ccc(N3CCN(C)CC3)cc2)ncn1. The van der Waals surface area contributed by atoms with E-state index in [9.17, 15) is 22.8 Å².